The summed E-state index contributed by atoms with van der Waals surface area (Å²) < 4.78 is 0. The Morgan fingerprint density at radius 1 is 0.957 bits per heavy atom. The molecule has 1 N–H and O–H groups in total. The maximum atomic E-state index is 11.6. The van der Waals surface area contributed by atoms with Crippen LogP contribution in [0.5, 0.6) is 0 Å². The predicted octanol–water partition coefficient (Wildman–Crippen LogP) is 2.76. The normalized spacial score (nSPS) is 55.6. The van der Waals surface area contributed by atoms with E-state index in [4.69, 9.17) is 0 Å². The summed E-state index contributed by atoms with van der Waals surface area (Å²) in [7, 11) is 0. The van der Waals surface area contributed by atoms with Crippen molar-refractivity contribution in [3.05, 3.63) is 0 Å². The fraction of sp³-hybridized carbons (Fsp3) is 0.950. The minimum Gasteiger partial charge on any atom is -0.550 e. The molecule has 0 radical (unpaired) electrons. The first-order chi connectivity index (χ1) is 10.9. The summed E-state index contributed by atoms with van der Waals surface area (Å²) in [6, 6.07) is 0. The van der Waals surface area contributed by atoms with E-state index in [1.54, 1.807) is 0 Å². The van der Waals surface area contributed by atoms with Gasteiger partial charge in [0.15, 0.2) is 0 Å². The molecule has 0 bridgehead atoms. The van der Waals surface area contributed by atoms with Crippen LogP contribution in [0.3, 0.4) is 0 Å². The van der Waals surface area contributed by atoms with Gasteiger partial charge in [0.05, 0.1) is 6.10 Å². The van der Waals surface area contributed by atoms with E-state index in [-0.39, 0.29) is 17.4 Å². The molecule has 8 atom stereocenters. The zero-order valence-electron chi connectivity index (χ0n) is 14.6. The summed E-state index contributed by atoms with van der Waals surface area (Å²) in [5.41, 5.74) is 0.348. The van der Waals surface area contributed by atoms with Crippen LogP contribution in [0.4, 0.5) is 0 Å². The number of rotatable bonds is 1. The fourth-order valence-corrected chi connectivity index (χ4v) is 7.62. The zero-order chi connectivity index (χ0) is 16.4. The molecule has 130 valence electrons. The number of hydrogen-bond acceptors (Lipinski definition) is 3. The van der Waals surface area contributed by atoms with Gasteiger partial charge in [-0.05, 0) is 92.3 Å². The molecular formula is C20H31O3-. The lowest BCUT2D eigenvalue weighted by molar-refractivity contribution is -0.315. The van der Waals surface area contributed by atoms with Crippen LogP contribution in [0.2, 0.25) is 0 Å². The van der Waals surface area contributed by atoms with Gasteiger partial charge in [-0.2, -0.15) is 0 Å². The van der Waals surface area contributed by atoms with Crippen molar-refractivity contribution in [3.63, 3.8) is 0 Å². The van der Waals surface area contributed by atoms with Crippen LogP contribution in [0.15, 0.2) is 0 Å². The Bertz CT molecular complexity index is 503. The Balaban J connectivity index is 1.61. The average molecular weight is 319 g/mol. The maximum absolute atomic E-state index is 11.6. The van der Waals surface area contributed by atoms with Gasteiger partial charge in [-0.15, -0.1) is 0 Å². The number of carbonyl (C=O) groups excluding carboxylic acids is 1. The van der Waals surface area contributed by atoms with Crippen molar-refractivity contribution in [2.24, 2.45) is 40.4 Å². The Morgan fingerprint density at radius 3 is 2.39 bits per heavy atom. The summed E-state index contributed by atoms with van der Waals surface area (Å²) in [4.78, 5) is 11.6. The largest absolute Gasteiger partial charge is 0.550 e. The van der Waals surface area contributed by atoms with Gasteiger partial charge in [0, 0.05) is 11.9 Å². The van der Waals surface area contributed by atoms with E-state index < -0.39 is 5.97 Å². The van der Waals surface area contributed by atoms with Gasteiger partial charge in [0.1, 0.15) is 0 Å². The number of carbonyl (C=O) groups is 1. The van der Waals surface area contributed by atoms with Crippen molar-refractivity contribution in [1.82, 2.24) is 0 Å². The number of aliphatic hydroxyl groups excluding tert-OH is 1. The second-order valence-corrected chi connectivity index (χ2v) is 9.58. The minimum atomic E-state index is -0.811. The third-order valence-corrected chi connectivity index (χ3v) is 8.92. The Hall–Kier alpha value is -0.570. The van der Waals surface area contributed by atoms with Crippen LogP contribution in [0.25, 0.3) is 0 Å². The van der Waals surface area contributed by atoms with Crippen molar-refractivity contribution < 1.29 is 15.0 Å². The molecule has 4 fully saturated rings. The number of aliphatic hydroxyl groups is 1. The van der Waals surface area contributed by atoms with Gasteiger partial charge in [-0.3, -0.25) is 0 Å². The van der Waals surface area contributed by atoms with E-state index in [1.165, 1.54) is 19.3 Å². The first-order valence-electron chi connectivity index (χ1n) is 9.75. The predicted molar refractivity (Wildman–Crippen MR) is 86.2 cm³/mol. The maximum Gasteiger partial charge on any atom is 0.0543 e. The van der Waals surface area contributed by atoms with Crippen molar-refractivity contribution in [2.45, 2.75) is 77.7 Å². The average Bonchev–Trinajstić information content (AvgIpc) is 2.85. The monoisotopic (exact) mass is 319 g/mol. The van der Waals surface area contributed by atoms with Crippen molar-refractivity contribution in [3.8, 4) is 0 Å². The molecule has 4 rings (SSSR count). The standard InChI is InChI=1S/C20H32O3/c1-19-9-7-13(21)11-12(19)3-4-14-15-5-6-17(18(22)23)20(15,2)10-8-16(14)19/h12-17,21H,3-11H2,1-2H3,(H,22,23)/p-1/t12-,13+,14-,15-,16-,17+,19-,20-/m0/s1. The lowest BCUT2D eigenvalue weighted by Gasteiger charge is -2.61. The molecule has 0 saturated heterocycles. The summed E-state index contributed by atoms with van der Waals surface area (Å²) in [5.74, 6) is 1.66. The highest BCUT2D eigenvalue weighted by atomic mass is 16.4. The second-order valence-electron chi connectivity index (χ2n) is 9.58. The molecule has 3 nitrogen and oxygen atoms in total. The van der Waals surface area contributed by atoms with Crippen molar-refractivity contribution in [1.29, 1.82) is 0 Å². The van der Waals surface area contributed by atoms with Gasteiger partial charge in [0.2, 0.25) is 0 Å². The van der Waals surface area contributed by atoms with Crippen LogP contribution < -0.4 is 5.11 Å². The lowest BCUT2D eigenvalue weighted by atomic mass is 9.44. The SMILES string of the molecule is C[C@]12CC[C@@H](O)C[C@@H]1CC[C@@H]1[C@@H]2CC[C@]2(C)[C@@H](C(=O)[O-])CC[C@@H]12. The molecule has 4 aliphatic rings. The summed E-state index contributed by atoms with van der Waals surface area (Å²) in [6.45, 7) is 4.72. The molecule has 0 aromatic heterocycles. The van der Waals surface area contributed by atoms with E-state index >= 15 is 0 Å². The first kappa shape index (κ1) is 15.9. The lowest BCUT2D eigenvalue weighted by Crippen LogP contribution is -2.55. The summed E-state index contributed by atoms with van der Waals surface area (Å²) in [6.07, 6.45) is 9.65. The quantitative estimate of drug-likeness (QED) is 0.808. The van der Waals surface area contributed by atoms with Crippen molar-refractivity contribution in [2.75, 3.05) is 0 Å². The number of carboxylic acids is 1. The van der Waals surface area contributed by atoms with Crippen LogP contribution in [-0.2, 0) is 4.79 Å². The number of fused-ring (bicyclic) bond motifs is 5. The van der Waals surface area contributed by atoms with Crippen LogP contribution >= 0.6 is 0 Å². The summed E-state index contributed by atoms with van der Waals surface area (Å²) >= 11 is 0. The number of carboxylic acid groups (broad SMARTS) is 1. The molecule has 0 heterocycles. The summed E-state index contributed by atoms with van der Waals surface area (Å²) in [5, 5.41) is 21.7. The van der Waals surface area contributed by atoms with E-state index in [0.717, 1.165) is 44.4 Å². The fourth-order valence-electron chi connectivity index (χ4n) is 7.62. The minimum absolute atomic E-state index is 0.0304. The van der Waals surface area contributed by atoms with Crippen molar-refractivity contribution >= 4 is 5.97 Å². The van der Waals surface area contributed by atoms with Gasteiger partial charge in [-0.1, -0.05) is 13.8 Å². The molecular weight excluding hydrogens is 288 g/mol. The molecule has 4 saturated carbocycles. The molecule has 4 aliphatic carbocycles. The van der Waals surface area contributed by atoms with Crippen LogP contribution in [0.1, 0.15) is 71.6 Å². The Labute approximate surface area is 139 Å². The molecule has 23 heavy (non-hydrogen) atoms. The topological polar surface area (TPSA) is 60.4 Å². The molecule has 0 amide bonds. The molecule has 0 aromatic rings. The molecule has 0 aromatic carbocycles. The van der Waals surface area contributed by atoms with E-state index in [1.807, 2.05) is 0 Å². The molecule has 0 spiro atoms. The van der Waals surface area contributed by atoms with Gasteiger partial charge >= 0.3 is 0 Å². The van der Waals surface area contributed by atoms with Crippen LogP contribution in [-0.4, -0.2) is 17.2 Å². The van der Waals surface area contributed by atoms with E-state index in [2.05, 4.69) is 13.8 Å². The van der Waals surface area contributed by atoms with Crippen LogP contribution in [0, 0.1) is 40.4 Å². The highest BCUT2D eigenvalue weighted by molar-refractivity contribution is 5.69. The highest BCUT2D eigenvalue weighted by Crippen LogP contribution is 2.67. The molecule has 0 unspecified atom stereocenters. The van der Waals surface area contributed by atoms with Gasteiger partial charge in [0.25, 0.3) is 0 Å². The molecule has 3 heteroatoms. The second kappa shape index (κ2) is 5.21. The van der Waals surface area contributed by atoms with Gasteiger partial charge in [-0.25, -0.2) is 0 Å². The Morgan fingerprint density at radius 2 is 1.65 bits per heavy atom. The zero-order valence-corrected chi connectivity index (χ0v) is 14.6. The smallest absolute Gasteiger partial charge is 0.0543 e. The number of aliphatic carboxylic acids is 1. The third-order valence-electron chi connectivity index (χ3n) is 8.92. The van der Waals surface area contributed by atoms with E-state index in [0.29, 0.717) is 23.2 Å². The van der Waals surface area contributed by atoms with E-state index in [9.17, 15) is 15.0 Å². The molecule has 0 aliphatic heterocycles. The van der Waals surface area contributed by atoms with Gasteiger partial charge < -0.3 is 15.0 Å². The first-order valence-corrected chi connectivity index (χ1v) is 9.75. The number of hydrogen-bond donors (Lipinski definition) is 1. The highest BCUT2D eigenvalue weighted by Gasteiger charge is 2.60. The third kappa shape index (κ3) is 2.14. The Kier molecular flexibility index (Phi) is 3.61.